The predicted octanol–water partition coefficient (Wildman–Crippen LogP) is 5.03. The lowest BCUT2D eigenvalue weighted by molar-refractivity contribution is -0.0773. The van der Waals surface area contributed by atoms with Gasteiger partial charge < -0.3 is 14.0 Å². The van der Waals surface area contributed by atoms with Crippen LogP contribution in [0.3, 0.4) is 0 Å². The minimum Gasteiger partial charge on any atom is -0.495 e. The molecule has 5 heteroatoms. The summed E-state index contributed by atoms with van der Waals surface area (Å²) in [6, 6.07) is 15.0. The molecular formula is C27H31N3O2. The van der Waals surface area contributed by atoms with Crippen LogP contribution >= 0.6 is 0 Å². The topological polar surface area (TPSA) is 39.5 Å². The monoisotopic (exact) mass is 429 g/mol. The van der Waals surface area contributed by atoms with Crippen LogP contribution in [0.2, 0.25) is 0 Å². The van der Waals surface area contributed by atoms with Gasteiger partial charge >= 0.3 is 0 Å². The van der Waals surface area contributed by atoms with E-state index in [0.29, 0.717) is 0 Å². The zero-order valence-electron chi connectivity index (χ0n) is 19.2. The number of hydrogen-bond donors (Lipinski definition) is 0. The molecule has 166 valence electrons. The molecule has 0 unspecified atom stereocenters. The van der Waals surface area contributed by atoms with Crippen molar-refractivity contribution < 1.29 is 9.47 Å². The van der Waals surface area contributed by atoms with Gasteiger partial charge in [0.1, 0.15) is 11.6 Å². The molecule has 1 saturated heterocycles. The average molecular weight is 430 g/mol. The number of nitrogens with zero attached hydrogens (tertiary/aromatic N) is 3. The van der Waals surface area contributed by atoms with Crippen molar-refractivity contribution in [1.82, 2.24) is 14.5 Å². The fourth-order valence-electron chi connectivity index (χ4n) is 5.09. The van der Waals surface area contributed by atoms with E-state index in [-0.39, 0.29) is 5.60 Å². The molecule has 32 heavy (non-hydrogen) atoms. The van der Waals surface area contributed by atoms with Crippen molar-refractivity contribution in [2.24, 2.45) is 0 Å². The maximum atomic E-state index is 6.29. The first-order valence-corrected chi connectivity index (χ1v) is 11.4. The van der Waals surface area contributed by atoms with Crippen LogP contribution in [0, 0.1) is 13.8 Å². The summed E-state index contributed by atoms with van der Waals surface area (Å²) in [5.41, 5.74) is 5.86. The third kappa shape index (κ3) is 3.87. The van der Waals surface area contributed by atoms with Crippen molar-refractivity contribution in [1.29, 1.82) is 0 Å². The molecule has 3 heterocycles. The number of methoxy groups -OCH3 is 1. The Labute approximate surface area is 190 Å². The summed E-state index contributed by atoms with van der Waals surface area (Å²) in [7, 11) is 1.72. The van der Waals surface area contributed by atoms with E-state index in [1.54, 1.807) is 7.11 Å². The van der Waals surface area contributed by atoms with Crippen LogP contribution in [0.15, 0.2) is 54.7 Å². The quantitative estimate of drug-likeness (QED) is 0.570. The molecule has 0 N–H and O–H groups in total. The Morgan fingerprint density at radius 2 is 1.94 bits per heavy atom. The van der Waals surface area contributed by atoms with E-state index < -0.39 is 0 Å². The summed E-state index contributed by atoms with van der Waals surface area (Å²) >= 11 is 0. The van der Waals surface area contributed by atoms with Crippen molar-refractivity contribution in [3.05, 3.63) is 82.9 Å². The molecule has 2 aliphatic rings. The summed E-state index contributed by atoms with van der Waals surface area (Å²) in [6.45, 7) is 7.83. The minimum absolute atomic E-state index is 0.0657. The van der Waals surface area contributed by atoms with Crippen molar-refractivity contribution in [3.8, 4) is 11.4 Å². The lowest BCUT2D eigenvalue weighted by Gasteiger charge is -2.39. The number of imidazole rings is 1. The van der Waals surface area contributed by atoms with E-state index in [1.165, 1.54) is 11.1 Å². The Hall–Kier alpha value is -2.89. The first-order valence-electron chi connectivity index (χ1n) is 11.4. The Morgan fingerprint density at radius 3 is 2.69 bits per heavy atom. The number of ether oxygens (including phenoxy) is 2. The lowest BCUT2D eigenvalue weighted by atomic mass is 9.84. The third-order valence-electron chi connectivity index (χ3n) is 6.82. The van der Waals surface area contributed by atoms with Gasteiger partial charge in [-0.15, -0.1) is 0 Å². The van der Waals surface area contributed by atoms with Crippen LogP contribution in [0.4, 0.5) is 0 Å². The van der Waals surface area contributed by atoms with Gasteiger partial charge in [0.15, 0.2) is 0 Å². The normalized spacial score (nSPS) is 17.8. The molecule has 1 aromatic heterocycles. The molecule has 2 aromatic carbocycles. The number of likely N-dealkylation sites (tertiary alicyclic amines) is 1. The molecule has 5 nitrogen and oxygen atoms in total. The van der Waals surface area contributed by atoms with Crippen LogP contribution in [0.25, 0.3) is 11.8 Å². The number of aromatic nitrogens is 2. The SMILES string of the molecule is COc1cc(/C=C/CN2CCC3(CC2)OCc2ccccc23)ccc1-n1cc(C)nc1C. The zero-order chi connectivity index (χ0) is 22.1. The molecule has 1 spiro atoms. The first kappa shape index (κ1) is 21.0. The largest absolute Gasteiger partial charge is 0.495 e. The highest BCUT2D eigenvalue weighted by molar-refractivity contribution is 5.58. The van der Waals surface area contributed by atoms with Gasteiger partial charge in [-0.2, -0.15) is 0 Å². The molecule has 5 rings (SSSR count). The summed E-state index contributed by atoms with van der Waals surface area (Å²) in [5.74, 6) is 1.81. The van der Waals surface area contributed by atoms with Crippen molar-refractivity contribution in [2.75, 3.05) is 26.7 Å². The van der Waals surface area contributed by atoms with Crippen LogP contribution in [0.5, 0.6) is 5.75 Å². The van der Waals surface area contributed by atoms with Gasteiger partial charge in [-0.25, -0.2) is 4.98 Å². The van der Waals surface area contributed by atoms with Gasteiger partial charge in [-0.05, 0) is 55.5 Å². The molecule has 0 bridgehead atoms. The number of fused-ring (bicyclic) bond motifs is 2. The van der Waals surface area contributed by atoms with Gasteiger partial charge in [0, 0.05) is 25.8 Å². The highest BCUT2D eigenvalue weighted by Gasteiger charge is 2.42. The standard InChI is InChI=1S/C27H31N3O2/c1-20-18-30(21(2)28-20)25-11-10-22(17-26(25)31-3)7-6-14-29-15-12-27(13-16-29)24-9-5-4-8-23(24)19-32-27/h4-11,17-18H,12-16,19H2,1-3H3/b7-6+. The van der Waals surface area contributed by atoms with E-state index in [9.17, 15) is 0 Å². The van der Waals surface area contributed by atoms with Gasteiger partial charge in [-0.3, -0.25) is 4.90 Å². The van der Waals surface area contributed by atoms with Crippen LogP contribution in [-0.4, -0.2) is 41.2 Å². The van der Waals surface area contributed by atoms with Gasteiger partial charge in [-0.1, -0.05) is 42.5 Å². The molecular weight excluding hydrogens is 398 g/mol. The number of rotatable bonds is 5. The third-order valence-corrected chi connectivity index (χ3v) is 6.82. The molecule has 0 radical (unpaired) electrons. The van der Waals surface area contributed by atoms with Crippen molar-refractivity contribution in [3.63, 3.8) is 0 Å². The van der Waals surface area contributed by atoms with Gasteiger partial charge in [0.05, 0.1) is 30.7 Å². The Kier molecular flexibility index (Phi) is 5.62. The molecule has 2 aliphatic heterocycles. The summed E-state index contributed by atoms with van der Waals surface area (Å²) in [5, 5.41) is 0. The van der Waals surface area contributed by atoms with E-state index in [4.69, 9.17) is 9.47 Å². The fourth-order valence-corrected chi connectivity index (χ4v) is 5.09. The van der Waals surface area contributed by atoms with Crippen molar-refractivity contribution >= 4 is 6.08 Å². The Morgan fingerprint density at radius 1 is 1.12 bits per heavy atom. The second kappa shape index (κ2) is 8.57. The van der Waals surface area contributed by atoms with Crippen molar-refractivity contribution in [2.45, 2.75) is 38.9 Å². The molecule has 3 aromatic rings. The van der Waals surface area contributed by atoms with E-state index in [1.807, 2.05) is 20.0 Å². The Bertz CT molecular complexity index is 1140. The van der Waals surface area contributed by atoms with E-state index in [2.05, 4.69) is 69.1 Å². The second-order valence-electron chi connectivity index (χ2n) is 8.87. The van der Waals surface area contributed by atoms with Crippen LogP contribution in [0.1, 0.15) is 41.1 Å². The van der Waals surface area contributed by atoms with Gasteiger partial charge in [0.2, 0.25) is 0 Å². The molecule has 1 fully saturated rings. The second-order valence-corrected chi connectivity index (χ2v) is 8.87. The number of piperidine rings is 1. The van der Waals surface area contributed by atoms with Gasteiger partial charge in [0.25, 0.3) is 0 Å². The number of hydrogen-bond acceptors (Lipinski definition) is 4. The Balaban J connectivity index is 1.22. The highest BCUT2D eigenvalue weighted by atomic mass is 16.5. The van der Waals surface area contributed by atoms with E-state index in [0.717, 1.165) is 67.6 Å². The maximum Gasteiger partial charge on any atom is 0.143 e. The minimum atomic E-state index is -0.0657. The highest BCUT2D eigenvalue weighted by Crippen LogP contribution is 2.43. The average Bonchev–Trinajstić information content (AvgIpc) is 3.34. The van der Waals surface area contributed by atoms with E-state index >= 15 is 0 Å². The predicted molar refractivity (Wildman–Crippen MR) is 127 cm³/mol. The summed E-state index contributed by atoms with van der Waals surface area (Å²) in [4.78, 5) is 7.01. The molecule has 0 atom stereocenters. The van der Waals surface area contributed by atoms with Crippen LogP contribution in [-0.2, 0) is 16.9 Å². The summed E-state index contributed by atoms with van der Waals surface area (Å²) < 4.78 is 14.0. The maximum absolute atomic E-state index is 6.29. The number of benzene rings is 2. The molecule has 0 aliphatic carbocycles. The smallest absolute Gasteiger partial charge is 0.143 e. The fraction of sp³-hybridized carbons (Fsp3) is 0.370. The first-order chi connectivity index (χ1) is 15.6. The number of aryl methyl sites for hydroxylation is 2. The molecule has 0 saturated carbocycles. The molecule has 0 amide bonds. The zero-order valence-corrected chi connectivity index (χ0v) is 19.2. The summed E-state index contributed by atoms with van der Waals surface area (Å²) in [6.07, 6.45) is 8.60. The van der Waals surface area contributed by atoms with Crippen LogP contribution < -0.4 is 4.74 Å². The lowest BCUT2D eigenvalue weighted by Crippen LogP contribution is -2.42.